The molecule has 25 heavy (non-hydrogen) atoms. The van der Waals surface area contributed by atoms with Gasteiger partial charge in [-0.25, -0.2) is 4.98 Å². The molecule has 2 aromatic heterocycles. The first-order chi connectivity index (χ1) is 11.9. The highest BCUT2D eigenvalue weighted by molar-refractivity contribution is 5.43. The van der Waals surface area contributed by atoms with E-state index in [9.17, 15) is 0 Å². The number of benzene rings is 1. The van der Waals surface area contributed by atoms with E-state index in [1.807, 2.05) is 18.2 Å². The summed E-state index contributed by atoms with van der Waals surface area (Å²) in [6.07, 6.45) is 1.68. The molecule has 3 rings (SSSR count). The van der Waals surface area contributed by atoms with Gasteiger partial charge in [0.2, 0.25) is 11.8 Å². The monoisotopic (exact) mass is 339 g/mol. The van der Waals surface area contributed by atoms with E-state index in [2.05, 4.69) is 53.4 Å². The zero-order valence-electron chi connectivity index (χ0n) is 14.5. The molecule has 0 aliphatic heterocycles. The standard InChI is InChI=1S/C18H21N5O2/c1-18(2,3)12-4-7-14(8-5-12)24-15-9-6-13(10-21-15)20-11-16-22-23-17(19)25-16/h4-10,20H,11H2,1-3H3,(H2,19,23). The van der Waals surface area contributed by atoms with Gasteiger partial charge >= 0.3 is 6.01 Å². The van der Waals surface area contributed by atoms with Crippen LogP contribution in [-0.4, -0.2) is 15.2 Å². The van der Waals surface area contributed by atoms with Gasteiger partial charge in [-0.2, -0.15) is 0 Å². The van der Waals surface area contributed by atoms with Crippen LogP contribution in [0.2, 0.25) is 0 Å². The maximum absolute atomic E-state index is 5.77. The molecule has 0 saturated heterocycles. The molecule has 0 unspecified atom stereocenters. The van der Waals surface area contributed by atoms with Crippen molar-refractivity contribution in [3.05, 3.63) is 54.0 Å². The van der Waals surface area contributed by atoms with Crippen LogP contribution in [0.3, 0.4) is 0 Å². The lowest BCUT2D eigenvalue weighted by Crippen LogP contribution is -2.10. The number of hydrogen-bond donors (Lipinski definition) is 2. The zero-order chi connectivity index (χ0) is 17.9. The van der Waals surface area contributed by atoms with Crippen molar-refractivity contribution >= 4 is 11.7 Å². The average molecular weight is 339 g/mol. The molecule has 0 aliphatic rings. The van der Waals surface area contributed by atoms with Crippen molar-refractivity contribution in [1.82, 2.24) is 15.2 Å². The number of nitrogens with one attached hydrogen (secondary N) is 1. The molecule has 0 bridgehead atoms. The fourth-order valence-electron chi connectivity index (χ4n) is 2.20. The first kappa shape index (κ1) is 16.8. The van der Waals surface area contributed by atoms with E-state index in [1.165, 1.54) is 5.56 Å². The summed E-state index contributed by atoms with van der Waals surface area (Å²) >= 11 is 0. The topological polar surface area (TPSA) is 99.1 Å². The molecule has 0 saturated carbocycles. The third kappa shape index (κ3) is 4.47. The van der Waals surface area contributed by atoms with E-state index in [0.29, 0.717) is 18.3 Å². The van der Waals surface area contributed by atoms with Crippen molar-refractivity contribution in [2.24, 2.45) is 0 Å². The molecule has 1 aromatic carbocycles. The highest BCUT2D eigenvalue weighted by Crippen LogP contribution is 2.26. The Morgan fingerprint density at radius 1 is 1.08 bits per heavy atom. The van der Waals surface area contributed by atoms with Gasteiger partial charge < -0.3 is 20.2 Å². The number of ether oxygens (including phenoxy) is 1. The summed E-state index contributed by atoms with van der Waals surface area (Å²) in [4.78, 5) is 4.29. The molecule has 7 heteroatoms. The number of pyridine rings is 1. The summed E-state index contributed by atoms with van der Waals surface area (Å²) in [7, 11) is 0. The number of nitrogens with two attached hydrogens (primary N) is 1. The number of nitrogen functional groups attached to an aromatic ring is 1. The summed E-state index contributed by atoms with van der Waals surface area (Å²) in [5, 5.41) is 10.5. The Balaban J connectivity index is 1.58. The van der Waals surface area contributed by atoms with Crippen LogP contribution in [0.1, 0.15) is 32.2 Å². The average Bonchev–Trinajstić information content (AvgIpc) is 2.99. The summed E-state index contributed by atoms with van der Waals surface area (Å²) in [5.41, 5.74) is 7.57. The van der Waals surface area contributed by atoms with Crippen molar-refractivity contribution in [1.29, 1.82) is 0 Å². The molecule has 0 atom stereocenters. The Bertz CT molecular complexity index is 820. The summed E-state index contributed by atoms with van der Waals surface area (Å²) in [6.45, 7) is 6.91. The van der Waals surface area contributed by atoms with Gasteiger partial charge in [-0.3, -0.25) is 0 Å². The molecule has 2 heterocycles. The fourth-order valence-corrected chi connectivity index (χ4v) is 2.20. The third-order valence-electron chi connectivity index (χ3n) is 3.61. The molecule has 7 nitrogen and oxygen atoms in total. The van der Waals surface area contributed by atoms with Crippen molar-refractivity contribution in [3.63, 3.8) is 0 Å². The molecular formula is C18H21N5O2. The van der Waals surface area contributed by atoms with Crippen molar-refractivity contribution in [3.8, 4) is 11.6 Å². The number of nitrogens with zero attached hydrogens (tertiary/aromatic N) is 3. The van der Waals surface area contributed by atoms with Gasteiger partial charge in [0, 0.05) is 6.07 Å². The van der Waals surface area contributed by atoms with Gasteiger partial charge in [-0.05, 0) is 29.2 Å². The Morgan fingerprint density at radius 3 is 2.40 bits per heavy atom. The lowest BCUT2D eigenvalue weighted by molar-refractivity contribution is 0.462. The SMILES string of the molecule is CC(C)(C)c1ccc(Oc2ccc(NCc3nnc(N)o3)cn2)cc1. The van der Waals surface area contributed by atoms with Gasteiger partial charge in [-0.15, -0.1) is 5.10 Å². The van der Waals surface area contributed by atoms with Crippen LogP contribution < -0.4 is 15.8 Å². The van der Waals surface area contributed by atoms with Crippen LogP contribution >= 0.6 is 0 Å². The van der Waals surface area contributed by atoms with Gasteiger partial charge in [-0.1, -0.05) is 38.0 Å². The summed E-state index contributed by atoms with van der Waals surface area (Å²) in [5.74, 6) is 1.69. The maximum Gasteiger partial charge on any atom is 0.312 e. The van der Waals surface area contributed by atoms with E-state index < -0.39 is 0 Å². The second-order valence-electron chi connectivity index (χ2n) is 6.65. The van der Waals surface area contributed by atoms with Crippen LogP contribution in [0.15, 0.2) is 47.0 Å². The van der Waals surface area contributed by atoms with Gasteiger partial charge in [0.25, 0.3) is 0 Å². The fraction of sp³-hybridized carbons (Fsp3) is 0.278. The predicted molar refractivity (Wildman–Crippen MR) is 95.5 cm³/mol. The number of aromatic nitrogens is 3. The minimum atomic E-state index is 0.0520. The van der Waals surface area contributed by atoms with Crippen LogP contribution in [0.5, 0.6) is 11.6 Å². The molecular weight excluding hydrogens is 318 g/mol. The van der Waals surface area contributed by atoms with Crippen molar-refractivity contribution in [2.45, 2.75) is 32.7 Å². The largest absolute Gasteiger partial charge is 0.439 e. The van der Waals surface area contributed by atoms with E-state index in [1.54, 1.807) is 12.3 Å². The highest BCUT2D eigenvalue weighted by atomic mass is 16.5. The predicted octanol–water partition coefficient (Wildman–Crippen LogP) is 3.75. The lowest BCUT2D eigenvalue weighted by Gasteiger charge is -2.19. The minimum Gasteiger partial charge on any atom is -0.439 e. The Labute approximate surface area is 146 Å². The van der Waals surface area contributed by atoms with Crippen molar-refractivity contribution in [2.75, 3.05) is 11.1 Å². The van der Waals surface area contributed by atoms with E-state index >= 15 is 0 Å². The third-order valence-corrected chi connectivity index (χ3v) is 3.61. The van der Waals surface area contributed by atoms with Crippen LogP contribution in [0.25, 0.3) is 0 Å². The van der Waals surface area contributed by atoms with E-state index in [0.717, 1.165) is 11.4 Å². The molecule has 130 valence electrons. The van der Waals surface area contributed by atoms with Crippen LogP contribution in [0, 0.1) is 0 Å². The van der Waals surface area contributed by atoms with Crippen LogP contribution in [0.4, 0.5) is 11.7 Å². The molecule has 3 aromatic rings. The molecule has 0 fully saturated rings. The lowest BCUT2D eigenvalue weighted by atomic mass is 9.87. The van der Waals surface area contributed by atoms with E-state index in [-0.39, 0.29) is 11.4 Å². The first-order valence-electron chi connectivity index (χ1n) is 7.96. The van der Waals surface area contributed by atoms with Crippen molar-refractivity contribution < 1.29 is 9.15 Å². The van der Waals surface area contributed by atoms with E-state index in [4.69, 9.17) is 14.9 Å². The number of anilines is 2. The van der Waals surface area contributed by atoms with Gasteiger partial charge in [0.15, 0.2) is 0 Å². The normalized spacial score (nSPS) is 11.3. The number of hydrogen-bond acceptors (Lipinski definition) is 7. The second kappa shape index (κ2) is 6.80. The highest BCUT2D eigenvalue weighted by Gasteiger charge is 2.13. The van der Waals surface area contributed by atoms with Crippen LogP contribution in [-0.2, 0) is 12.0 Å². The molecule has 0 spiro atoms. The molecule has 0 aliphatic carbocycles. The molecule has 3 N–H and O–H groups in total. The molecule has 0 amide bonds. The Morgan fingerprint density at radius 2 is 1.84 bits per heavy atom. The van der Waals surface area contributed by atoms with Gasteiger partial charge in [0.1, 0.15) is 5.75 Å². The Hall–Kier alpha value is -3.09. The quantitative estimate of drug-likeness (QED) is 0.730. The Kier molecular flexibility index (Phi) is 4.56. The minimum absolute atomic E-state index is 0.0520. The van der Waals surface area contributed by atoms with Gasteiger partial charge in [0.05, 0.1) is 18.4 Å². The number of rotatable bonds is 5. The maximum atomic E-state index is 5.77. The first-order valence-corrected chi connectivity index (χ1v) is 7.96. The molecule has 0 radical (unpaired) electrons. The summed E-state index contributed by atoms with van der Waals surface area (Å²) in [6, 6.07) is 11.8. The smallest absolute Gasteiger partial charge is 0.312 e. The summed E-state index contributed by atoms with van der Waals surface area (Å²) < 4.78 is 10.9. The second-order valence-corrected chi connectivity index (χ2v) is 6.65. The zero-order valence-corrected chi connectivity index (χ0v) is 14.5.